The van der Waals surface area contributed by atoms with Crippen LogP contribution in [0.15, 0.2) is 25.0 Å². The molecule has 6 nitrogen and oxygen atoms in total. The second-order valence-corrected chi connectivity index (χ2v) is 3.77. The van der Waals surface area contributed by atoms with E-state index in [1.54, 1.807) is 17.1 Å². The van der Waals surface area contributed by atoms with E-state index >= 15 is 0 Å². The van der Waals surface area contributed by atoms with Crippen molar-refractivity contribution in [3.05, 3.63) is 25.0 Å². The van der Waals surface area contributed by atoms with Crippen LogP contribution >= 0.6 is 11.5 Å². The van der Waals surface area contributed by atoms with Crippen molar-refractivity contribution in [3.63, 3.8) is 0 Å². The van der Waals surface area contributed by atoms with Crippen molar-refractivity contribution in [2.24, 2.45) is 7.05 Å². The lowest BCUT2D eigenvalue weighted by atomic mass is 10.3. The molecule has 7 heteroatoms. The summed E-state index contributed by atoms with van der Waals surface area (Å²) >= 11 is 1.12. The first kappa shape index (κ1) is 10.5. The Morgan fingerprint density at radius 1 is 1.69 bits per heavy atom. The van der Waals surface area contributed by atoms with Gasteiger partial charge in [-0.3, -0.25) is 14.8 Å². The highest BCUT2D eigenvalue weighted by atomic mass is 32.1. The van der Waals surface area contributed by atoms with Gasteiger partial charge in [0.25, 0.3) is 0 Å². The molecule has 1 amide bonds. The Bertz CT molecular complexity index is 529. The molecule has 2 heterocycles. The van der Waals surface area contributed by atoms with Gasteiger partial charge >= 0.3 is 0 Å². The van der Waals surface area contributed by atoms with Gasteiger partial charge in [-0.1, -0.05) is 6.58 Å². The molecule has 0 spiro atoms. The summed E-state index contributed by atoms with van der Waals surface area (Å²) in [6, 6.07) is 0. The van der Waals surface area contributed by atoms with E-state index in [0.717, 1.165) is 17.1 Å². The van der Waals surface area contributed by atoms with Gasteiger partial charge in [-0.15, -0.1) is 0 Å². The maximum Gasteiger partial charge on any atom is 0.249 e. The van der Waals surface area contributed by atoms with Crippen LogP contribution in [-0.2, 0) is 11.8 Å². The lowest BCUT2D eigenvalue weighted by Crippen LogP contribution is -2.06. The van der Waals surface area contributed by atoms with Crippen molar-refractivity contribution in [2.75, 3.05) is 5.32 Å². The predicted octanol–water partition coefficient (Wildman–Crippen LogP) is 1.06. The van der Waals surface area contributed by atoms with Crippen molar-refractivity contribution < 1.29 is 4.79 Å². The zero-order valence-corrected chi connectivity index (χ0v) is 9.36. The largest absolute Gasteiger partial charge is 0.297 e. The quantitative estimate of drug-likeness (QED) is 0.807. The number of rotatable bonds is 3. The molecular weight excluding hydrogens is 226 g/mol. The first-order valence-corrected chi connectivity index (χ1v) is 5.22. The van der Waals surface area contributed by atoms with E-state index in [0.29, 0.717) is 11.0 Å². The molecule has 2 aromatic heterocycles. The van der Waals surface area contributed by atoms with Gasteiger partial charge in [-0.2, -0.15) is 14.5 Å². The highest BCUT2D eigenvalue weighted by Crippen LogP contribution is 2.20. The predicted molar refractivity (Wildman–Crippen MR) is 60.9 cm³/mol. The van der Waals surface area contributed by atoms with Gasteiger partial charge in [-0.05, 0) is 6.08 Å². The number of aromatic nitrogens is 4. The van der Waals surface area contributed by atoms with E-state index in [4.69, 9.17) is 0 Å². The van der Waals surface area contributed by atoms with Gasteiger partial charge in [0.05, 0.1) is 11.8 Å². The van der Waals surface area contributed by atoms with Gasteiger partial charge in [-0.25, -0.2) is 0 Å². The third-order valence-corrected chi connectivity index (χ3v) is 2.44. The summed E-state index contributed by atoms with van der Waals surface area (Å²) in [6.07, 6.45) is 4.66. The van der Waals surface area contributed by atoms with E-state index < -0.39 is 0 Å². The molecule has 0 radical (unpaired) electrons. The molecule has 0 atom stereocenters. The second kappa shape index (κ2) is 4.23. The van der Waals surface area contributed by atoms with Crippen molar-refractivity contribution >= 4 is 22.6 Å². The molecule has 0 aliphatic heterocycles. The fourth-order valence-corrected chi connectivity index (χ4v) is 1.68. The van der Waals surface area contributed by atoms with Crippen LogP contribution < -0.4 is 5.32 Å². The average Bonchev–Trinajstić information content (AvgIpc) is 2.87. The van der Waals surface area contributed by atoms with Gasteiger partial charge in [0.15, 0.2) is 5.82 Å². The number of nitrogens with zero attached hydrogens (tertiary/aromatic N) is 4. The minimum absolute atomic E-state index is 0.297. The highest BCUT2D eigenvalue weighted by molar-refractivity contribution is 7.10. The number of anilines is 1. The smallest absolute Gasteiger partial charge is 0.249 e. The third kappa shape index (κ3) is 2.14. The molecule has 82 valence electrons. The molecule has 0 saturated heterocycles. The molecule has 2 rings (SSSR count). The summed E-state index contributed by atoms with van der Waals surface area (Å²) in [5.41, 5.74) is 0.817. The first-order valence-electron chi connectivity index (χ1n) is 4.45. The summed E-state index contributed by atoms with van der Waals surface area (Å²) in [4.78, 5) is 15.2. The summed E-state index contributed by atoms with van der Waals surface area (Å²) in [5.74, 6) is 0.256. The second-order valence-electron chi connectivity index (χ2n) is 3.02. The summed E-state index contributed by atoms with van der Waals surface area (Å²) in [5, 5.41) is 7.01. The Labute approximate surface area is 95.8 Å². The van der Waals surface area contributed by atoms with Crippen molar-refractivity contribution in [3.8, 4) is 11.4 Å². The lowest BCUT2D eigenvalue weighted by molar-refractivity contribution is -0.111. The van der Waals surface area contributed by atoms with Gasteiger partial charge in [0.2, 0.25) is 11.0 Å². The van der Waals surface area contributed by atoms with E-state index in [1.807, 2.05) is 7.05 Å². The standard InChI is InChI=1S/C9H9N5OS/c1-3-7(15)11-9-12-8(13-16-9)6-4-10-14(2)5-6/h3-5H,1H2,2H3,(H,11,12,13,15). The fraction of sp³-hybridized carbons (Fsp3) is 0.111. The molecule has 0 fully saturated rings. The van der Waals surface area contributed by atoms with E-state index in [2.05, 4.69) is 26.4 Å². The Morgan fingerprint density at radius 2 is 2.50 bits per heavy atom. The topological polar surface area (TPSA) is 72.7 Å². The van der Waals surface area contributed by atoms with E-state index in [1.165, 1.54) is 6.08 Å². The van der Waals surface area contributed by atoms with Gasteiger partial charge in [0.1, 0.15) is 0 Å². The van der Waals surface area contributed by atoms with E-state index in [9.17, 15) is 4.79 Å². The van der Waals surface area contributed by atoms with Crippen molar-refractivity contribution in [1.29, 1.82) is 0 Å². The molecule has 2 aromatic rings. The van der Waals surface area contributed by atoms with Crippen LogP contribution in [0.2, 0.25) is 0 Å². The van der Waals surface area contributed by atoms with Crippen LogP contribution in [0.25, 0.3) is 11.4 Å². The number of aryl methyl sites for hydroxylation is 1. The summed E-state index contributed by atoms with van der Waals surface area (Å²) in [7, 11) is 1.82. The summed E-state index contributed by atoms with van der Waals surface area (Å²) in [6.45, 7) is 3.36. The molecule has 1 N–H and O–H groups in total. The SMILES string of the molecule is C=CC(=O)Nc1nc(-c2cnn(C)c2)ns1. The molecular formula is C9H9N5OS. The third-order valence-electron chi connectivity index (χ3n) is 1.80. The Morgan fingerprint density at radius 3 is 3.12 bits per heavy atom. The Balaban J connectivity index is 2.19. The van der Waals surface area contributed by atoms with Crippen LogP contribution in [0.3, 0.4) is 0 Å². The minimum Gasteiger partial charge on any atom is -0.297 e. The average molecular weight is 235 g/mol. The highest BCUT2D eigenvalue weighted by Gasteiger charge is 2.09. The first-order chi connectivity index (χ1) is 7.69. The zero-order chi connectivity index (χ0) is 11.5. The minimum atomic E-state index is -0.297. The monoisotopic (exact) mass is 235 g/mol. The number of hydrogen-bond donors (Lipinski definition) is 1. The Kier molecular flexibility index (Phi) is 2.78. The fourth-order valence-electron chi connectivity index (χ4n) is 1.08. The lowest BCUT2D eigenvalue weighted by Gasteiger charge is -1.92. The molecule has 0 aliphatic carbocycles. The van der Waals surface area contributed by atoms with Gasteiger partial charge in [0, 0.05) is 24.8 Å². The Hall–Kier alpha value is -2.02. The van der Waals surface area contributed by atoms with Crippen LogP contribution in [-0.4, -0.2) is 25.0 Å². The van der Waals surface area contributed by atoms with Crippen LogP contribution in [0, 0.1) is 0 Å². The number of nitrogens with one attached hydrogen (secondary N) is 1. The molecule has 0 saturated carbocycles. The molecule has 0 aliphatic rings. The van der Waals surface area contributed by atoms with E-state index in [-0.39, 0.29) is 5.91 Å². The number of hydrogen-bond acceptors (Lipinski definition) is 5. The number of amides is 1. The normalized spacial score (nSPS) is 10.1. The maximum absolute atomic E-state index is 11.0. The molecule has 0 unspecified atom stereocenters. The summed E-state index contributed by atoms with van der Waals surface area (Å²) < 4.78 is 5.78. The van der Waals surface area contributed by atoms with Gasteiger partial charge < -0.3 is 0 Å². The molecule has 0 bridgehead atoms. The van der Waals surface area contributed by atoms with Crippen molar-refractivity contribution in [2.45, 2.75) is 0 Å². The van der Waals surface area contributed by atoms with Crippen LogP contribution in [0.5, 0.6) is 0 Å². The number of carbonyl (C=O) groups excluding carboxylic acids is 1. The van der Waals surface area contributed by atoms with Crippen LogP contribution in [0.1, 0.15) is 0 Å². The zero-order valence-electron chi connectivity index (χ0n) is 8.54. The molecule has 0 aromatic carbocycles. The molecule has 16 heavy (non-hydrogen) atoms. The van der Waals surface area contributed by atoms with Crippen LogP contribution in [0.4, 0.5) is 5.13 Å². The number of carbonyl (C=O) groups is 1. The van der Waals surface area contributed by atoms with Crippen molar-refractivity contribution in [1.82, 2.24) is 19.1 Å². The maximum atomic E-state index is 11.0.